The molecule has 0 aliphatic heterocycles. The highest BCUT2D eigenvalue weighted by Gasteiger charge is 2.06. The van der Waals surface area contributed by atoms with E-state index >= 15 is 0 Å². The third-order valence-corrected chi connectivity index (χ3v) is 2.51. The summed E-state index contributed by atoms with van der Waals surface area (Å²) in [4.78, 5) is 0. The Bertz CT molecular complexity index is 431. The number of H-pyrrole nitrogens is 1. The van der Waals surface area contributed by atoms with Crippen LogP contribution in [0.3, 0.4) is 0 Å². The number of rotatable bonds is 3. The lowest BCUT2D eigenvalue weighted by atomic mass is 10.1. The minimum absolute atomic E-state index is 0.674. The van der Waals surface area contributed by atoms with Crippen molar-refractivity contribution in [3.8, 4) is 0 Å². The lowest BCUT2D eigenvalue weighted by Gasteiger charge is -1.99. The van der Waals surface area contributed by atoms with Gasteiger partial charge < -0.3 is 5.73 Å². The van der Waals surface area contributed by atoms with Gasteiger partial charge in [-0.2, -0.15) is 5.10 Å². The predicted molar refractivity (Wildman–Crippen MR) is 58.2 cm³/mol. The molecule has 0 aliphatic carbocycles. The SMILES string of the molecule is CCc1[nH]nc2c(CCN)cccc12. The summed E-state index contributed by atoms with van der Waals surface area (Å²) < 4.78 is 0. The number of aromatic amines is 1. The Balaban J connectivity index is 2.58. The summed E-state index contributed by atoms with van der Waals surface area (Å²) in [6.45, 7) is 2.80. The molecule has 0 amide bonds. The van der Waals surface area contributed by atoms with E-state index in [0.29, 0.717) is 6.54 Å². The van der Waals surface area contributed by atoms with E-state index < -0.39 is 0 Å². The molecule has 1 heterocycles. The van der Waals surface area contributed by atoms with Crippen molar-refractivity contribution >= 4 is 10.9 Å². The molecule has 14 heavy (non-hydrogen) atoms. The highest BCUT2D eigenvalue weighted by Crippen LogP contribution is 2.20. The van der Waals surface area contributed by atoms with Crippen LogP contribution in [0.25, 0.3) is 10.9 Å². The minimum Gasteiger partial charge on any atom is -0.330 e. The van der Waals surface area contributed by atoms with Crippen molar-refractivity contribution in [2.24, 2.45) is 5.73 Å². The second-order valence-electron chi connectivity index (χ2n) is 3.41. The number of fused-ring (bicyclic) bond motifs is 1. The maximum absolute atomic E-state index is 5.55. The molecule has 3 nitrogen and oxygen atoms in total. The van der Waals surface area contributed by atoms with Crippen LogP contribution in [0.4, 0.5) is 0 Å². The van der Waals surface area contributed by atoms with Gasteiger partial charge in [-0.15, -0.1) is 0 Å². The van der Waals surface area contributed by atoms with E-state index in [-0.39, 0.29) is 0 Å². The van der Waals surface area contributed by atoms with E-state index in [1.165, 1.54) is 16.6 Å². The molecule has 0 aliphatic rings. The number of aryl methyl sites for hydroxylation is 1. The summed E-state index contributed by atoms with van der Waals surface area (Å²) in [7, 11) is 0. The number of benzene rings is 1. The maximum atomic E-state index is 5.55. The third-order valence-electron chi connectivity index (χ3n) is 2.51. The van der Waals surface area contributed by atoms with Gasteiger partial charge in [-0.3, -0.25) is 5.10 Å². The fraction of sp³-hybridized carbons (Fsp3) is 0.364. The van der Waals surface area contributed by atoms with Gasteiger partial charge in [0.25, 0.3) is 0 Å². The molecule has 2 rings (SSSR count). The normalized spacial score (nSPS) is 11.0. The number of hydrogen-bond acceptors (Lipinski definition) is 2. The molecule has 74 valence electrons. The van der Waals surface area contributed by atoms with Gasteiger partial charge >= 0.3 is 0 Å². The van der Waals surface area contributed by atoms with E-state index in [2.05, 4.69) is 35.3 Å². The van der Waals surface area contributed by atoms with Crippen LogP contribution in [0.2, 0.25) is 0 Å². The second kappa shape index (κ2) is 3.80. The molecule has 1 aromatic heterocycles. The van der Waals surface area contributed by atoms with E-state index in [0.717, 1.165) is 18.4 Å². The first-order valence-corrected chi connectivity index (χ1v) is 5.01. The van der Waals surface area contributed by atoms with Crippen LogP contribution >= 0.6 is 0 Å². The van der Waals surface area contributed by atoms with Crippen molar-refractivity contribution in [3.05, 3.63) is 29.5 Å². The van der Waals surface area contributed by atoms with Crippen LogP contribution in [0.15, 0.2) is 18.2 Å². The molecule has 0 radical (unpaired) electrons. The fourth-order valence-electron chi connectivity index (χ4n) is 1.78. The Kier molecular flexibility index (Phi) is 2.50. The highest BCUT2D eigenvalue weighted by atomic mass is 15.1. The van der Waals surface area contributed by atoms with Crippen molar-refractivity contribution in [2.45, 2.75) is 19.8 Å². The topological polar surface area (TPSA) is 54.7 Å². The van der Waals surface area contributed by atoms with Gasteiger partial charge in [0, 0.05) is 11.1 Å². The minimum atomic E-state index is 0.674. The van der Waals surface area contributed by atoms with Gasteiger partial charge in [0.2, 0.25) is 0 Å². The molecule has 0 unspecified atom stereocenters. The van der Waals surface area contributed by atoms with Crippen molar-refractivity contribution in [2.75, 3.05) is 6.54 Å². The Morgan fingerprint density at radius 3 is 3.00 bits per heavy atom. The third kappa shape index (κ3) is 1.40. The van der Waals surface area contributed by atoms with Gasteiger partial charge in [-0.1, -0.05) is 25.1 Å². The number of aromatic nitrogens is 2. The van der Waals surface area contributed by atoms with Crippen LogP contribution in [0, 0.1) is 0 Å². The lowest BCUT2D eigenvalue weighted by molar-refractivity contribution is 0.961. The molecular weight excluding hydrogens is 174 g/mol. The van der Waals surface area contributed by atoms with Crippen LogP contribution in [-0.4, -0.2) is 16.7 Å². The van der Waals surface area contributed by atoms with Crippen LogP contribution in [0.5, 0.6) is 0 Å². The standard InChI is InChI=1S/C11H15N3/c1-2-10-9-5-3-4-8(6-7-12)11(9)14-13-10/h3-5H,2,6-7,12H2,1H3,(H,13,14). The van der Waals surface area contributed by atoms with Gasteiger partial charge in [-0.05, 0) is 24.9 Å². The van der Waals surface area contributed by atoms with Crippen LogP contribution < -0.4 is 5.73 Å². The molecular formula is C11H15N3. The summed E-state index contributed by atoms with van der Waals surface area (Å²) in [5, 5.41) is 8.63. The smallest absolute Gasteiger partial charge is 0.0956 e. The van der Waals surface area contributed by atoms with Gasteiger partial charge in [-0.25, -0.2) is 0 Å². The van der Waals surface area contributed by atoms with Crippen molar-refractivity contribution < 1.29 is 0 Å². The van der Waals surface area contributed by atoms with Crippen LogP contribution in [0.1, 0.15) is 18.2 Å². The molecule has 0 saturated carbocycles. The number of nitrogens with one attached hydrogen (secondary N) is 1. The predicted octanol–water partition coefficient (Wildman–Crippen LogP) is 1.63. The van der Waals surface area contributed by atoms with Crippen molar-refractivity contribution in [1.82, 2.24) is 10.2 Å². The molecule has 3 heteroatoms. The summed E-state index contributed by atoms with van der Waals surface area (Å²) in [6.07, 6.45) is 1.88. The Morgan fingerprint density at radius 2 is 2.29 bits per heavy atom. The molecule has 3 N–H and O–H groups in total. The number of para-hydroxylation sites is 1. The van der Waals surface area contributed by atoms with Crippen LogP contribution in [-0.2, 0) is 12.8 Å². The van der Waals surface area contributed by atoms with E-state index in [4.69, 9.17) is 5.73 Å². The first-order chi connectivity index (χ1) is 6.86. The number of nitrogens with two attached hydrogens (primary N) is 1. The lowest BCUT2D eigenvalue weighted by Crippen LogP contribution is -2.02. The van der Waals surface area contributed by atoms with Crippen molar-refractivity contribution in [1.29, 1.82) is 0 Å². The average Bonchev–Trinajstić information content (AvgIpc) is 2.62. The molecule has 0 spiro atoms. The fourth-order valence-corrected chi connectivity index (χ4v) is 1.78. The van der Waals surface area contributed by atoms with E-state index in [1.807, 2.05) is 0 Å². The summed E-state index contributed by atoms with van der Waals surface area (Å²) in [6, 6.07) is 6.27. The molecule has 1 aromatic carbocycles. The Labute approximate surface area is 83.3 Å². The largest absolute Gasteiger partial charge is 0.330 e. The molecule has 2 aromatic rings. The zero-order chi connectivity index (χ0) is 9.97. The molecule has 0 atom stereocenters. The second-order valence-corrected chi connectivity index (χ2v) is 3.41. The zero-order valence-corrected chi connectivity index (χ0v) is 8.38. The Hall–Kier alpha value is -1.35. The van der Waals surface area contributed by atoms with Crippen molar-refractivity contribution in [3.63, 3.8) is 0 Å². The summed E-state index contributed by atoms with van der Waals surface area (Å²) in [5.41, 5.74) is 9.08. The summed E-state index contributed by atoms with van der Waals surface area (Å²) in [5.74, 6) is 0. The molecule has 0 saturated heterocycles. The quantitative estimate of drug-likeness (QED) is 0.771. The monoisotopic (exact) mass is 189 g/mol. The highest BCUT2D eigenvalue weighted by molar-refractivity contribution is 5.84. The first-order valence-electron chi connectivity index (χ1n) is 5.01. The Morgan fingerprint density at radius 1 is 1.43 bits per heavy atom. The molecule has 0 bridgehead atoms. The summed E-state index contributed by atoms with van der Waals surface area (Å²) >= 11 is 0. The maximum Gasteiger partial charge on any atom is 0.0956 e. The van der Waals surface area contributed by atoms with Gasteiger partial charge in [0.15, 0.2) is 0 Å². The first kappa shape index (κ1) is 9.21. The number of hydrogen-bond donors (Lipinski definition) is 2. The number of nitrogens with zero attached hydrogens (tertiary/aromatic N) is 1. The van der Waals surface area contributed by atoms with E-state index in [1.54, 1.807) is 0 Å². The average molecular weight is 189 g/mol. The van der Waals surface area contributed by atoms with Gasteiger partial charge in [0.05, 0.1) is 5.52 Å². The van der Waals surface area contributed by atoms with E-state index in [9.17, 15) is 0 Å². The van der Waals surface area contributed by atoms with Gasteiger partial charge in [0.1, 0.15) is 0 Å². The molecule has 0 fully saturated rings. The zero-order valence-electron chi connectivity index (χ0n) is 8.38.